The molecule has 0 fully saturated rings. The SMILES string of the molecule is CNS(=O)(=O)Cc1ccc(CNC(=O)c2cc(Br)c[nH]2)cc1. The van der Waals surface area contributed by atoms with Crippen LogP contribution in [-0.2, 0) is 22.3 Å². The standard InChI is InChI=1S/C14H16BrN3O3S/c1-16-22(20,21)9-11-4-2-10(3-5-11)7-18-14(19)13-6-12(15)8-17-13/h2-6,8,16-17H,7,9H2,1H3,(H,18,19). The maximum atomic E-state index is 11.9. The number of aromatic amines is 1. The van der Waals surface area contributed by atoms with Gasteiger partial charge in [-0.1, -0.05) is 24.3 Å². The summed E-state index contributed by atoms with van der Waals surface area (Å²) in [5.41, 5.74) is 2.06. The van der Waals surface area contributed by atoms with E-state index in [-0.39, 0.29) is 11.7 Å². The van der Waals surface area contributed by atoms with Gasteiger partial charge in [-0.2, -0.15) is 0 Å². The summed E-state index contributed by atoms with van der Waals surface area (Å²) in [7, 11) is -1.89. The van der Waals surface area contributed by atoms with Crippen molar-refractivity contribution >= 4 is 31.9 Å². The minimum atomic E-state index is -3.27. The summed E-state index contributed by atoms with van der Waals surface area (Å²) in [4.78, 5) is 14.7. The van der Waals surface area contributed by atoms with Gasteiger partial charge in [-0.25, -0.2) is 13.1 Å². The van der Waals surface area contributed by atoms with Gasteiger partial charge in [-0.15, -0.1) is 0 Å². The molecule has 0 aliphatic carbocycles. The molecular weight excluding hydrogens is 370 g/mol. The van der Waals surface area contributed by atoms with E-state index in [0.717, 1.165) is 10.0 Å². The van der Waals surface area contributed by atoms with Crippen molar-refractivity contribution in [2.24, 2.45) is 0 Å². The summed E-state index contributed by atoms with van der Waals surface area (Å²) in [6.45, 7) is 0.370. The Hall–Kier alpha value is -1.64. The molecule has 1 amide bonds. The van der Waals surface area contributed by atoms with Gasteiger partial charge in [0, 0.05) is 17.2 Å². The van der Waals surface area contributed by atoms with Crippen molar-refractivity contribution in [3.05, 3.63) is 57.8 Å². The number of rotatable bonds is 6. The molecule has 0 saturated carbocycles. The first-order valence-electron chi connectivity index (χ1n) is 6.51. The van der Waals surface area contributed by atoms with E-state index in [1.165, 1.54) is 7.05 Å². The third kappa shape index (κ3) is 4.69. The Labute approximate surface area is 137 Å². The Morgan fingerprint density at radius 2 is 1.86 bits per heavy atom. The Morgan fingerprint density at radius 3 is 2.41 bits per heavy atom. The predicted octanol–water partition coefficient (Wildman–Crippen LogP) is 1.76. The van der Waals surface area contributed by atoms with Crippen LogP contribution < -0.4 is 10.0 Å². The third-order valence-corrected chi connectivity index (χ3v) is 4.83. The second-order valence-electron chi connectivity index (χ2n) is 4.69. The molecule has 0 unspecified atom stereocenters. The van der Waals surface area contributed by atoms with Gasteiger partial charge in [0.25, 0.3) is 5.91 Å². The van der Waals surface area contributed by atoms with Crippen molar-refractivity contribution in [2.75, 3.05) is 7.05 Å². The summed E-state index contributed by atoms with van der Waals surface area (Å²) >= 11 is 3.27. The molecule has 0 aliphatic heterocycles. The van der Waals surface area contributed by atoms with Crippen molar-refractivity contribution in [3.63, 3.8) is 0 Å². The van der Waals surface area contributed by atoms with Crippen molar-refractivity contribution in [1.82, 2.24) is 15.0 Å². The smallest absolute Gasteiger partial charge is 0.267 e. The van der Waals surface area contributed by atoms with Gasteiger partial charge in [-0.3, -0.25) is 4.79 Å². The highest BCUT2D eigenvalue weighted by Gasteiger charge is 2.09. The zero-order chi connectivity index (χ0) is 16.2. The number of carbonyl (C=O) groups is 1. The minimum Gasteiger partial charge on any atom is -0.356 e. The molecule has 0 radical (unpaired) electrons. The molecule has 3 N–H and O–H groups in total. The molecule has 1 heterocycles. The molecule has 118 valence electrons. The minimum absolute atomic E-state index is 0.0629. The lowest BCUT2D eigenvalue weighted by atomic mass is 10.1. The number of nitrogens with one attached hydrogen (secondary N) is 3. The van der Waals surface area contributed by atoms with E-state index in [0.29, 0.717) is 17.8 Å². The van der Waals surface area contributed by atoms with E-state index < -0.39 is 10.0 Å². The van der Waals surface area contributed by atoms with Gasteiger partial charge < -0.3 is 10.3 Å². The van der Waals surface area contributed by atoms with Crippen LogP contribution in [0, 0.1) is 0 Å². The Morgan fingerprint density at radius 1 is 1.23 bits per heavy atom. The zero-order valence-corrected chi connectivity index (χ0v) is 14.3. The second-order valence-corrected chi connectivity index (χ2v) is 7.54. The molecule has 0 aliphatic rings. The van der Waals surface area contributed by atoms with E-state index in [9.17, 15) is 13.2 Å². The van der Waals surface area contributed by atoms with Crippen molar-refractivity contribution < 1.29 is 13.2 Å². The average molecular weight is 386 g/mol. The Balaban J connectivity index is 1.93. The number of amides is 1. The summed E-state index contributed by atoms with van der Waals surface area (Å²) in [5.74, 6) is -0.264. The van der Waals surface area contributed by atoms with Gasteiger partial charge >= 0.3 is 0 Å². The summed E-state index contributed by atoms with van der Waals surface area (Å²) in [6, 6.07) is 8.76. The van der Waals surface area contributed by atoms with Gasteiger partial charge in [0.05, 0.1) is 5.75 Å². The molecule has 1 aromatic heterocycles. The quantitative estimate of drug-likeness (QED) is 0.707. The van der Waals surface area contributed by atoms with Crippen LogP contribution in [0.1, 0.15) is 21.6 Å². The molecule has 6 nitrogen and oxygen atoms in total. The van der Waals surface area contributed by atoms with Gasteiger partial charge in [0.1, 0.15) is 5.69 Å². The maximum Gasteiger partial charge on any atom is 0.267 e. The number of benzene rings is 1. The molecule has 0 atom stereocenters. The van der Waals surface area contributed by atoms with Crippen LogP contribution >= 0.6 is 15.9 Å². The van der Waals surface area contributed by atoms with Crippen LogP contribution in [0.4, 0.5) is 0 Å². The number of aromatic nitrogens is 1. The molecule has 2 rings (SSSR count). The van der Waals surface area contributed by atoms with Crippen molar-refractivity contribution in [3.8, 4) is 0 Å². The molecule has 0 bridgehead atoms. The largest absolute Gasteiger partial charge is 0.356 e. The van der Waals surface area contributed by atoms with Crippen LogP contribution in [0.2, 0.25) is 0 Å². The first-order valence-corrected chi connectivity index (χ1v) is 8.95. The molecule has 1 aromatic carbocycles. The lowest BCUT2D eigenvalue weighted by molar-refractivity contribution is 0.0946. The number of hydrogen-bond acceptors (Lipinski definition) is 3. The number of H-pyrrole nitrogens is 1. The molecule has 8 heteroatoms. The van der Waals surface area contributed by atoms with Gasteiger partial charge in [-0.05, 0) is 40.2 Å². The van der Waals surface area contributed by atoms with Crippen molar-refractivity contribution in [2.45, 2.75) is 12.3 Å². The van der Waals surface area contributed by atoms with Crippen LogP contribution in [-0.4, -0.2) is 26.4 Å². The summed E-state index contributed by atoms with van der Waals surface area (Å²) in [5, 5.41) is 2.79. The highest BCUT2D eigenvalue weighted by Crippen LogP contribution is 2.11. The van der Waals surface area contributed by atoms with Crippen LogP contribution in [0.3, 0.4) is 0 Å². The normalized spacial score (nSPS) is 11.4. The monoisotopic (exact) mass is 385 g/mol. The van der Waals surface area contributed by atoms with Crippen molar-refractivity contribution in [1.29, 1.82) is 0 Å². The molecule has 2 aromatic rings. The number of hydrogen-bond donors (Lipinski definition) is 3. The molecule has 0 saturated heterocycles. The lowest BCUT2D eigenvalue weighted by Crippen LogP contribution is -2.23. The number of carbonyl (C=O) groups excluding carboxylic acids is 1. The lowest BCUT2D eigenvalue weighted by Gasteiger charge is -2.06. The topological polar surface area (TPSA) is 91.1 Å². The highest BCUT2D eigenvalue weighted by atomic mass is 79.9. The third-order valence-electron chi connectivity index (χ3n) is 3.04. The van der Waals surface area contributed by atoms with Crippen LogP contribution in [0.15, 0.2) is 41.0 Å². The van der Waals surface area contributed by atoms with Crippen LogP contribution in [0.25, 0.3) is 0 Å². The second kappa shape index (κ2) is 7.08. The van der Waals surface area contributed by atoms with E-state index >= 15 is 0 Å². The number of halogens is 1. The fourth-order valence-electron chi connectivity index (χ4n) is 1.82. The first kappa shape index (κ1) is 16.7. The fourth-order valence-corrected chi connectivity index (χ4v) is 2.94. The Kier molecular flexibility index (Phi) is 5.38. The van der Waals surface area contributed by atoms with Gasteiger partial charge in [0.15, 0.2) is 0 Å². The van der Waals surface area contributed by atoms with Crippen LogP contribution in [0.5, 0.6) is 0 Å². The fraction of sp³-hybridized carbons (Fsp3) is 0.214. The first-order chi connectivity index (χ1) is 10.4. The number of sulfonamides is 1. The molecule has 0 spiro atoms. The Bertz CT molecular complexity index is 754. The van der Waals surface area contributed by atoms with E-state index in [2.05, 4.69) is 31.0 Å². The molecule has 22 heavy (non-hydrogen) atoms. The van der Waals surface area contributed by atoms with E-state index in [1.807, 2.05) is 0 Å². The molecular formula is C14H16BrN3O3S. The maximum absolute atomic E-state index is 11.9. The van der Waals surface area contributed by atoms with Gasteiger partial charge in [0.2, 0.25) is 10.0 Å². The summed E-state index contributed by atoms with van der Waals surface area (Å²) in [6.07, 6.45) is 1.69. The summed E-state index contributed by atoms with van der Waals surface area (Å²) < 4.78 is 26.0. The van der Waals surface area contributed by atoms with E-state index in [4.69, 9.17) is 0 Å². The zero-order valence-electron chi connectivity index (χ0n) is 11.9. The predicted molar refractivity (Wildman–Crippen MR) is 87.8 cm³/mol. The van der Waals surface area contributed by atoms with E-state index in [1.54, 1.807) is 36.5 Å². The average Bonchev–Trinajstić information content (AvgIpc) is 2.92. The highest BCUT2D eigenvalue weighted by molar-refractivity contribution is 9.10.